The Morgan fingerprint density at radius 2 is 1.78 bits per heavy atom. The van der Waals surface area contributed by atoms with E-state index in [1.165, 1.54) is 0 Å². The highest BCUT2D eigenvalue weighted by atomic mass is 32.2. The molecule has 0 aromatic heterocycles. The number of nitrogens with one attached hydrogen (secondary N) is 2. The Bertz CT molecular complexity index is 1150. The number of amides is 4. The van der Waals surface area contributed by atoms with Crippen LogP contribution in [0.2, 0.25) is 0 Å². The molecule has 1 spiro atoms. The van der Waals surface area contributed by atoms with Gasteiger partial charge in [0.15, 0.2) is 9.84 Å². The predicted molar refractivity (Wildman–Crippen MR) is 118 cm³/mol. The first-order valence-corrected chi connectivity index (χ1v) is 12.4. The van der Waals surface area contributed by atoms with Crippen molar-refractivity contribution >= 4 is 27.7 Å². The van der Waals surface area contributed by atoms with Gasteiger partial charge >= 0.3 is 6.03 Å². The van der Waals surface area contributed by atoms with Crippen molar-refractivity contribution in [3.63, 3.8) is 0 Å². The van der Waals surface area contributed by atoms with E-state index >= 15 is 0 Å². The number of rotatable bonds is 8. The molecule has 0 bridgehead atoms. The molecule has 8 nitrogen and oxygen atoms in total. The zero-order valence-corrected chi connectivity index (χ0v) is 18.4. The second kappa shape index (κ2) is 8.74. The molecule has 1 aliphatic heterocycles. The molecular formula is C23H25N3O5S. The van der Waals surface area contributed by atoms with E-state index < -0.39 is 39.8 Å². The average molecular weight is 456 g/mol. The van der Waals surface area contributed by atoms with E-state index in [0.717, 1.165) is 21.6 Å². The van der Waals surface area contributed by atoms with Gasteiger partial charge in [-0.2, -0.15) is 0 Å². The van der Waals surface area contributed by atoms with E-state index in [1.807, 2.05) is 30.3 Å². The zero-order valence-electron chi connectivity index (χ0n) is 17.5. The van der Waals surface area contributed by atoms with Gasteiger partial charge in [0.2, 0.25) is 5.91 Å². The summed E-state index contributed by atoms with van der Waals surface area (Å²) in [5, 5.41) is 5.39. The molecule has 1 fully saturated rings. The first kappa shape index (κ1) is 22.0. The van der Waals surface area contributed by atoms with Gasteiger partial charge in [-0.15, -0.1) is 0 Å². The lowest BCUT2D eigenvalue weighted by Crippen LogP contribution is -2.44. The van der Waals surface area contributed by atoms with Crippen molar-refractivity contribution in [2.75, 3.05) is 18.8 Å². The number of sulfone groups is 1. The molecule has 1 atom stereocenters. The van der Waals surface area contributed by atoms with Crippen LogP contribution in [-0.2, 0) is 37.1 Å². The summed E-state index contributed by atoms with van der Waals surface area (Å²) in [4.78, 5) is 38.8. The van der Waals surface area contributed by atoms with Crippen LogP contribution in [0.4, 0.5) is 4.79 Å². The number of urea groups is 1. The standard InChI is InChI=1S/C23H25N3O5S/c27-20(24-13-6-14-32(30,31)16-17-7-2-1-3-8-17)15-26-21(28)23(25-22(26)29)12-11-18-9-4-5-10-19(18)23/h1-5,7-10H,6,11-16H2,(H,24,27)(H,25,29). The lowest BCUT2D eigenvalue weighted by Gasteiger charge is -2.22. The first-order valence-electron chi connectivity index (χ1n) is 10.5. The second-order valence-corrected chi connectivity index (χ2v) is 10.3. The van der Waals surface area contributed by atoms with Crippen LogP contribution >= 0.6 is 0 Å². The summed E-state index contributed by atoms with van der Waals surface area (Å²) >= 11 is 0. The van der Waals surface area contributed by atoms with Crippen LogP contribution in [0.15, 0.2) is 54.6 Å². The van der Waals surface area contributed by atoms with E-state index in [-0.39, 0.29) is 24.5 Å². The highest BCUT2D eigenvalue weighted by molar-refractivity contribution is 7.90. The molecule has 2 aromatic carbocycles. The molecule has 1 aliphatic carbocycles. The maximum Gasteiger partial charge on any atom is 0.325 e. The Labute approximate surface area is 186 Å². The van der Waals surface area contributed by atoms with E-state index in [9.17, 15) is 22.8 Å². The molecule has 4 rings (SSSR count). The number of carbonyl (C=O) groups excluding carboxylic acids is 3. The van der Waals surface area contributed by atoms with Crippen molar-refractivity contribution in [1.29, 1.82) is 0 Å². The summed E-state index contributed by atoms with van der Waals surface area (Å²) in [6.45, 7) is -0.254. The van der Waals surface area contributed by atoms with Gasteiger partial charge in [-0.3, -0.25) is 14.5 Å². The molecule has 168 valence electrons. The van der Waals surface area contributed by atoms with E-state index in [1.54, 1.807) is 24.3 Å². The third-order valence-corrected chi connectivity index (χ3v) is 7.59. The Kier molecular flexibility index (Phi) is 6.01. The van der Waals surface area contributed by atoms with Crippen LogP contribution in [0.5, 0.6) is 0 Å². The summed E-state index contributed by atoms with van der Waals surface area (Å²) in [7, 11) is -3.30. The molecular weight excluding hydrogens is 430 g/mol. The molecule has 0 saturated carbocycles. The van der Waals surface area contributed by atoms with Gasteiger partial charge in [0.1, 0.15) is 12.1 Å². The average Bonchev–Trinajstić information content (AvgIpc) is 3.25. The molecule has 9 heteroatoms. The summed E-state index contributed by atoms with van der Waals surface area (Å²) < 4.78 is 24.5. The van der Waals surface area contributed by atoms with E-state index in [0.29, 0.717) is 12.8 Å². The van der Waals surface area contributed by atoms with Crippen molar-refractivity contribution in [3.8, 4) is 0 Å². The minimum Gasteiger partial charge on any atom is -0.355 e. The number of imide groups is 1. The zero-order chi connectivity index (χ0) is 22.8. The number of carbonyl (C=O) groups is 3. The molecule has 32 heavy (non-hydrogen) atoms. The minimum absolute atomic E-state index is 0.0478. The molecule has 2 aromatic rings. The minimum atomic E-state index is -3.30. The highest BCUT2D eigenvalue weighted by Crippen LogP contribution is 2.41. The van der Waals surface area contributed by atoms with Gasteiger partial charge in [-0.1, -0.05) is 54.6 Å². The molecule has 1 heterocycles. The largest absolute Gasteiger partial charge is 0.355 e. The van der Waals surface area contributed by atoms with Crippen LogP contribution < -0.4 is 10.6 Å². The van der Waals surface area contributed by atoms with Crippen molar-refractivity contribution in [3.05, 3.63) is 71.3 Å². The van der Waals surface area contributed by atoms with Crippen LogP contribution in [0.1, 0.15) is 29.5 Å². The summed E-state index contributed by atoms with van der Waals surface area (Å²) in [6.07, 6.45) is 1.40. The van der Waals surface area contributed by atoms with Gasteiger partial charge in [-0.25, -0.2) is 13.2 Å². The Hall–Kier alpha value is -3.20. The van der Waals surface area contributed by atoms with Crippen molar-refractivity contribution in [2.24, 2.45) is 0 Å². The third kappa shape index (κ3) is 4.38. The molecule has 1 saturated heterocycles. The van der Waals surface area contributed by atoms with Crippen LogP contribution in [0.25, 0.3) is 0 Å². The van der Waals surface area contributed by atoms with Gasteiger partial charge in [0, 0.05) is 6.54 Å². The quantitative estimate of drug-likeness (QED) is 0.463. The topological polar surface area (TPSA) is 113 Å². The molecule has 0 radical (unpaired) electrons. The van der Waals surface area contributed by atoms with E-state index in [4.69, 9.17) is 0 Å². The fraction of sp³-hybridized carbons (Fsp3) is 0.348. The van der Waals surface area contributed by atoms with Crippen molar-refractivity contribution in [1.82, 2.24) is 15.5 Å². The summed E-state index contributed by atoms with van der Waals surface area (Å²) in [5.41, 5.74) is 1.42. The lowest BCUT2D eigenvalue weighted by atomic mass is 9.92. The number of benzene rings is 2. The van der Waals surface area contributed by atoms with Crippen LogP contribution in [-0.4, -0.2) is 50.0 Å². The number of fused-ring (bicyclic) bond motifs is 2. The molecule has 1 unspecified atom stereocenters. The second-order valence-electron chi connectivity index (χ2n) is 8.17. The normalized spacial score (nSPS) is 19.8. The number of hydrogen-bond donors (Lipinski definition) is 2. The Morgan fingerprint density at radius 3 is 2.56 bits per heavy atom. The summed E-state index contributed by atoms with van der Waals surface area (Å²) in [6, 6.07) is 15.8. The van der Waals surface area contributed by atoms with Crippen LogP contribution in [0, 0.1) is 0 Å². The smallest absolute Gasteiger partial charge is 0.325 e. The van der Waals surface area contributed by atoms with Gasteiger partial charge in [0.05, 0.1) is 11.5 Å². The maximum absolute atomic E-state index is 13.1. The maximum atomic E-state index is 13.1. The molecule has 2 N–H and O–H groups in total. The van der Waals surface area contributed by atoms with Gasteiger partial charge < -0.3 is 10.6 Å². The third-order valence-electron chi connectivity index (χ3n) is 5.91. The fourth-order valence-electron chi connectivity index (χ4n) is 4.35. The number of aryl methyl sites for hydroxylation is 1. The van der Waals surface area contributed by atoms with Gasteiger partial charge in [-0.05, 0) is 36.0 Å². The number of hydrogen-bond acceptors (Lipinski definition) is 5. The lowest BCUT2D eigenvalue weighted by molar-refractivity contribution is -0.135. The number of nitrogens with zero attached hydrogens (tertiary/aromatic N) is 1. The molecule has 2 aliphatic rings. The van der Waals surface area contributed by atoms with Gasteiger partial charge in [0.25, 0.3) is 5.91 Å². The SMILES string of the molecule is O=C(CN1C(=O)NC2(CCc3ccccc32)C1=O)NCCCS(=O)(=O)Cc1ccccc1. The first-order chi connectivity index (χ1) is 15.3. The van der Waals surface area contributed by atoms with Crippen molar-refractivity contribution < 1.29 is 22.8 Å². The van der Waals surface area contributed by atoms with E-state index in [2.05, 4.69) is 10.6 Å². The monoisotopic (exact) mass is 455 g/mol. The fourth-order valence-corrected chi connectivity index (χ4v) is 5.78. The Balaban J connectivity index is 1.28. The summed E-state index contributed by atoms with van der Waals surface area (Å²) in [5.74, 6) is -1.04. The highest BCUT2D eigenvalue weighted by Gasteiger charge is 2.55. The molecule has 4 amide bonds. The Morgan fingerprint density at radius 1 is 1.06 bits per heavy atom. The predicted octanol–water partition coefficient (Wildman–Crippen LogP) is 1.50. The van der Waals surface area contributed by atoms with Crippen LogP contribution in [0.3, 0.4) is 0 Å². The van der Waals surface area contributed by atoms with Crippen molar-refractivity contribution in [2.45, 2.75) is 30.6 Å².